The van der Waals surface area contributed by atoms with Gasteiger partial charge in [0.2, 0.25) is 5.91 Å². The second-order valence-corrected chi connectivity index (χ2v) is 7.28. The highest BCUT2D eigenvalue weighted by Gasteiger charge is 2.25. The molecule has 0 atom stereocenters. The first kappa shape index (κ1) is 17.9. The van der Waals surface area contributed by atoms with Crippen molar-refractivity contribution >= 4 is 23.2 Å². The van der Waals surface area contributed by atoms with Gasteiger partial charge < -0.3 is 10.4 Å². The fourth-order valence-electron chi connectivity index (χ4n) is 3.17. The van der Waals surface area contributed by atoms with Gasteiger partial charge in [0.25, 0.3) is 0 Å². The molecule has 0 bridgehead atoms. The van der Waals surface area contributed by atoms with Gasteiger partial charge in [0.1, 0.15) is 0 Å². The first-order valence-electron chi connectivity index (χ1n) is 8.55. The van der Waals surface area contributed by atoms with Gasteiger partial charge in [-0.2, -0.15) is 0 Å². The van der Waals surface area contributed by atoms with E-state index >= 15 is 0 Å². The third-order valence-electron chi connectivity index (χ3n) is 4.59. The molecule has 5 nitrogen and oxygen atoms in total. The Morgan fingerprint density at radius 1 is 1.35 bits per heavy atom. The van der Waals surface area contributed by atoms with Crippen LogP contribution in [0.1, 0.15) is 67.4 Å². The van der Waals surface area contributed by atoms with E-state index in [9.17, 15) is 9.59 Å². The van der Waals surface area contributed by atoms with Gasteiger partial charge in [-0.15, -0.1) is 11.3 Å². The molecule has 0 saturated heterocycles. The average Bonchev–Trinajstić information content (AvgIpc) is 3.02. The first-order valence-corrected chi connectivity index (χ1v) is 9.43. The van der Waals surface area contributed by atoms with Crippen LogP contribution in [-0.2, 0) is 11.2 Å². The van der Waals surface area contributed by atoms with E-state index in [-0.39, 0.29) is 17.5 Å². The Bertz CT molecular complexity index is 522. The largest absolute Gasteiger partial charge is 0.476 e. The molecule has 1 amide bonds. The summed E-state index contributed by atoms with van der Waals surface area (Å²) < 4.78 is 0. The van der Waals surface area contributed by atoms with Crippen molar-refractivity contribution in [3.8, 4) is 0 Å². The number of thiazole rings is 1. The van der Waals surface area contributed by atoms with E-state index < -0.39 is 5.97 Å². The lowest BCUT2D eigenvalue weighted by molar-refractivity contribution is -0.126. The minimum Gasteiger partial charge on any atom is -0.476 e. The lowest BCUT2D eigenvalue weighted by atomic mass is 9.79. The van der Waals surface area contributed by atoms with Crippen molar-refractivity contribution in [2.75, 3.05) is 6.54 Å². The Morgan fingerprint density at radius 3 is 2.70 bits per heavy atom. The third kappa shape index (κ3) is 5.61. The number of carbonyl (C=O) groups is 2. The van der Waals surface area contributed by atoms with E-state index in [1.165, 1.54) is 48.8 Å². The van der Waals surface area contributed by atoms with Crippen molar-refractivity contribution in [1.29, 1.82) is 0 Å². The monoisotopic (exact) mass is 338 g/mol. The molecule has 6 heteroatoms. The third-order valence-corrected chi connectivity index (χ3v) is 5.50. The van der Waals surface area contributed by atoms with Gasteiger partial charge >= 0.3 is 5.97 Å². The van der Waals surface area contributed by atoms with Crippen LogP contribution in [0.5, 0.6) is 0 Å². The number of carbonyl (C=O) groups excluding carboxylic acids is 1. The summed E-state index contributed by atoms with van der Waals surface area (Å²) in [6.45, 7) is 2.75. The van der Waals surface area contributed by atoms with Gasteiger partial charge in [-0.3, -0.25) is 4.79 Å². The van der Waals surface area contributed by atoms with Crippen molar-refractivity contribution in [3.63, 3.8) is 0 Å². The molecule has 0 aromatic carbocycles. The lowest BCUT2D eigenvalue weighted by Crippen LogP contribution is -2.34. The number of hydrogen-bond acceptors (Lipinski definition) is 4. The Morgan fingerprint density at radius 2 is 2.09 bits per heavy atom. The predicted molar refractivity (Wildman–Crippen MR) is 90.8 cm³/mol. The van der Waals surface area contributed by atoms with Crippen LogP contribution in [0, 0.1) is 11.8 Å². The Labute approximate surface area is 141 Å². The van der Waals surface area contributed by atoms with Crippen LogP contribution >= 0.6 is 11.3 Å². The summed E-state index contributed by atoms with van der Waals surface area (Å²) in [5.41, 5.74) is 0.0849. The van der Waals surface area contributed by atoms with Gasteiger partial charge in [0, 0.05) is 24.3 Å². The summed E-state index contributed by atoms with van der Waals surface area (Å²) >= 11 is 1.33. The van der Waals surface area contributed by atoms with Crippen LogP contribution in [-0.4, -0.2) is 28.5 Å². The second kappa shape index (κ2) is 9.01. The number of aromatic carboxylic acids is 1. The molecular weight excluding hydrogens is 312 g/mol. The van der Waals surface area contributed by atoms with Crippen molar-refractivity contribution in [2.24, 2.45) is 11.8 Å². The molecule has 1 aliphatic rings. The molecule has 0 spiro atoms. The molecule has 1 saturated carbocycles. The number of nitrogens with one attached hydrogen (secondary N) is 1. The van der Waals surface area contributed by atoms with Crippen LogP contribution in [0.15, 0.2) is 5.38 Å². The van der Waals surface area contributed by atoms with E-state index in [2.05, 4.69) is 17.2 Å². The SMILES string of the molecule is CCCCC1CCC(C(=O)NCCc2nc(C(=O)O)cs2)CC1. The topological polar surface area (TPSA) is 79.3 Å². The molecule has 23 heavy (non-hydrogen) atoms. The van der Waals surface area contributed by atoms with Crippen LogP contribution in [0.3, 0.4) is 0 Å². The van der Waals surface area contributed by atoms with Crippen LogP contribution < -0.4 is 5.32 Å². The Hall–Kier alpha value is -1.43. The molecule has 1 aromatic heterocycles. The molecule has 1 aromatic rings. The van der Waals surface area contributed by atoms with Gasteiger partial charge in [0.05, 0.1) is 5.01 Å². The molecule has 1 heterocycles. The van der Waals surface area contributed by atoms with Crippen LogP contribution in [0.2, 0.25) is 0 Å². The predicted octanol–water partition coefficient (Wildman–Crippen LogP) is 3.50. The van der Waals surface area contributed by atoms with Gasteiger partial charge in [-0.1, -0.05) is 26.2 Å². The number of amides is 1. The van der Waals surface area contributed by atoms with Crippen molar-refractivity contribution in [2.45, 2.75) is 58.3 Å². The average molecular weight is 338 g/mol. The van der Waals surface area contributed by atoms with Crippen LogP contribution in [0.25, 0.3) is 0 Å². The zero-order valence-electron chi connectivity index (χ0n) is 13.7. The van der Waals surface area contributed by atoms with Gasteiger partial charge in [-0.05, 0) is 31.6 Å². The minimum absolute atomic E-state index is 0.0849. The number of carboxylic acid groups (broad SMARTS) is 1. The van der Waals surface area contributed by atoms with E-state index in [1.54, 1.807) is 0 Å². The molecule has 0 unspecified atom stereocenters. The van der Waals surface area contributed by atoms with Gasteiger partial charge in [-0.25, -0.2) is 9.78 Å². The molecule has 128 valence electrons. The zero-order valence-corrected chi connectivity index (χ0v) is 14.5. The van der Waals surface area contributed by atoms with E-state index in [0.29, 0.717) is 13.0 Å². The number of carboxylic acids is 1. The smallest absolute Gasteiger partial charge is 0.355 e. The van der Waals surface area contributed by atoms with Crippen molar-refractivity contribution in [3.05, 3.63) is 16.1 Å². The number of rotatable bonds is 8. The summed E-state index contributed by atoms with van der Waals surface area (Å²) in [6, 6.07) is 0. The second-order valence-electron chi connectivity index (χ2n) is 6.33. The maximum atomic E-state index is 12.2. The fraction of sp³-hybridized carbons (Fsp3) is 0.706. The molecule has 2 rings (SSSR count). The summed E-state index contributed by atoms with van der Waals surface area (Å²) in [6.07, 6.45) is 8.80. The highest BCUT2D eigenvalue weighted by atomic mass is 32.1. The quantitative estimate of drug-likeness (QED) is 0.760. The summed E-state index contributed by atoms with van der Waals surface area (Å²) in [7, 11) is 0. The molecule has 0 radical (unpaired) electrons. The maximum absolute atomic E-state index is 12.2. The summed E-state index contributed by atoms with van der Waals surface area (Å²) in [5.74, 6) is 0.104. The standard InChI is InChI=1S/C17H26N2O3S/c1-2-3-4-12-5-7-13(8-6-12)16(20)18-10-9-15-19-14(11-23-15)17(21)22/h11-13H,2-10H2,1H3,(H,18,20)(H,21,22). The highest BCUT2D eigenvalue weighted by molar-refractivity contribution is 7.09. The van der Waals surface area contributed by atoms with Crippen LogP contribution in [0.4, 0.5) is 0 Å². The Kier molecular flexibility index (Phi) is 7.02. The molecule has 2 N–H and O–H groups in total. The molecular formula is C17H26N2O3S. The van der Waals surface area contributed by atoms with Crippen molar-refractivity contribution in [1.82, 2.24) is 10.3 Å². The molecule has 1 aliphatic carbocycles. The molecule has 0 aliphatic heterocycles. The number of nitrogens with zero attached hydrogens (tertiary/aromatic N) is 1. The van der Waals surface area contributed by atoms with E-state index in [4.69, 9.17) is 5.11 Å². The Balaban J connectivity index is 1.66. The van der Waals surface area contributed by atoms with E-state index in [0.717, 1.165) is 23.8 Å². The first-order chi connectivity index (χ1) is 11.1. The number of aromatic nitrogens is 1. The number of unbranched alkanes of at least 4 members (excludes halogenated alkanes) is 1. The minimum atomic E-state index is -1.00. The maximum Gasteiger partial charge on any atom is 0.355 e. The zero-order chi connectivity index (χ0) is 16.7. The van der Waals surface area contributed by atoms with Crippen molar-refractivity contribution < 1.29 is 14.7 Å². The van der Waals surface area contributed by atoms with E-state index in [1.807, 2.05) is 0 Å². The van der Waals surface area contributed by atoms with Gasteiger partial charge in [0.15, 0.2) is 5.69 Å². The molecule has 1 fully saturated rings. The summed E-state index contributed by atoms with van der Waals surface area (Å²) in [5, 5.41) is 14.1. The normalized spacial score (nSPS) is 21.1. The number of hydrogen-bond donors (Lipinski definition) is 2. The fourth-order valence-corrected chi connectivity index (χ4v) is 3.94. The summed E-state index contributed by atoms with van der Waals surface area (Å²) in [4.78, 5) is 27.0. The lowest BCUT2D eigenvalue weighted by Gasteiger charge is -2.27. The highest BCUT2D eigenvalue weighted by Crippen LogP contribution is 2.31.